The zero-order chi connectivity index (χ0) is 18.1. The first-order valence-electron chi connectivity index (χ1n) is 8.07. The molecule has 0 unspecified atom stereocenters. The molecule has 0 aliphatic carbocycles. The molecule has 0 atom stereocenters. The summed E-state index contributed by atoms with van der Waals surface area (Å²) in [7, 11) is 0. The van der Waals surface area contributed by atoms with Crippen LogP contribution in [0.1, 0.15) is 37.5 Å². The number of nitrogens with two attached hydrogens (primary N) is 1. The number of benzene rings is 2. The Kier molecular flexibility index (Phi) is 4.59. The lowest BCUT2D eigenvalue weighted by atomic mass is 10.0. The first-order chi connectivity index (χ1) is 11.8. The van der Waals surface area contributed by atoms with E-state index in [4.69, 9.17) is 5.73 Å². The molecule has 1 heterocycles. The topological polar surface area (TPSA) is 68.0 Å². The fourth-order valence-corrected chi connectivity index (χ4v) is 3.68. The van der Waals surface area contributed by atoms with Crippen molar-refractivity contribution in [1.82, 2.24) is 4.98 Å². The Morgan fingerprint density at radius 2 is 1.68 bits per heavy atom. The summed E-state index contributed by atoms with van der Waals surface area (Å²) < 4.78 is 0. The summed E-state index contributed by atoms with van der Waals surface area (Å²) in [6.45, 7) is 7.99. The maximum atomic E-state index is 12.9. The van der Waals surface area contributed by atoms with Gasteiger partial charge in [-0.05, 0) is 62.6 Å². The number of rotatable bonds is 4. The number of nitrogen functional groups attached to an aromatic ring is 1. The summed E-state index contributed by atoms with van der Waals surface area (Å²) in [6, 6.07) is 12.0. The molecule has 0 fully saturated rings. The van der Waals surface area contributed by atoms with Crippen LogP contribution in [0, 0.1) is 27.7 Å². The second-order valence-electron chi connectivity index (χ2n) is 6.38. The SMILES string of the molecule is Cc1cc(C)cc(Nc2nc(N)c(C(=O)c3cc(C)ccc3C)s2)c1. The molecule has 0 saturated heterocycles. The summed E-state index contributed by atoms with van der Waals surface area (Å²) in [4.78, 5) is 17.7. The fraction of sp³-hybridized carbons (Fsp3) is 0.200. The molecule has 0 radical (unpaired) electrons. The van der Waals surface area contributed by atoms with Crippen molar-refractivity contribution in [2.45, 2.75) is 27.7 Å². The van der Waals surface area contributed by atoms with Crippen LogP contribution in [0.15, 0.2) is 36.4 Å². The molecular formula is C20H21N3OS. The van der Waals surface area contributed by atoms with Crippen LogP contribution in [-0.2, 0) is 0 Å². The van der Waals surface area contributed by atoms with Gasteiger partial charge in [0.1, 0.15) is 10.7 Å². The second-order valence-corrected chi connectivity index (χ2v) is 7.38. The third-order valence-corrected chi connectivity index (χ3v) is 4.96. The number of thiazole rings is 1. The van der Waals surface area contributed by atoms with Crippen molar-refractivity contribution in [3.8, 4) is 0 Å². The van der Waals surface area contributed by atoms with Gasteiger partial charge in [0.05, 0.1) is 0 Å². The van der Waals surface area contributed by atoms with Crippen LogP contribution in [0.25, 0.3) is 0 Å². The normalized spacial score (nSPS) is 10.7. The molecule has 5 heteroatoms. The first kappa shape index (κ1) is 17.2. The van der Waals surface area contributed by atoms with Gasteiger partial charge in [0, 0.05) is 11.3 Å². The van der Waals surface area contributed by atoms with Gasteiger partial charge in [-0.3, -0.25) is 4.79 Å². The molecular weight excluding hydrogens is 330 g/mol. The number of carbonyl (C=O) groups is 1. The predicted octanol–water partition coefficient (Wildman–Crippen LogP) is 4.93. The number of nitrogens with zero attached hydrogens (tertiary/aromatic N) is 1. The van der Waals surface area contributed by atoms with Gasteiger partial charge in [-0.15, -0.1) is 0 Å². The minimum atomic E-state index is -0.0790. The summed E-state index contributed by atoms with van der Waals surface area (Å²) in [5, 5.41) is 3.88. The number of nitrogens with one attached hydrogen (secondary N) is 1. The van der Waals surface area contributed by atoms with Gasteiger partial charge in [0.15, 0.2) is 5.13 Å². The monoisotopic (exact) mass is 351 g/mol. The van der Waals surface area contributed by atoms with E-state index < -0.39 is 0 Å². The first-order valence-corrected chi connectivity index (χ1v) is 8.88. The maximum Gasteiger partial charge on any atom is 0.207 e. The molecule has 1 aromatic heterocycles. The summed E-state index contributed by atoms with van der Waals surface area (Å²) >= 11 is 1.29. The van der Waals surface area contributed by atoms with E-state index >= 15 is 0 Å². The average molecular weight is 351 g/mol. The van der Waals surface area contributed by atoms with E-state index in [2.05, 4.69) is 16.4 Å². The van der Waals surface area contributed by atoms with Crippen molar-refractivity contribution in [3.05, 3.63) is 69.1 Å². The Bertz CT molecular complexity index is 939. The Morgan fingerprint density at radius 1 is 1.00 bits per heavy atom. The van der Waals surface area contributed by atoms with Crippen LogP contribution in [0.2, 0.25) is 0 Å². The molecule has 0 aliphatic rings. The average Bonchev–Trinajstić information content (AvgIpc) is 2.88. The van der Waals surface area contributed by atoms with Crippen LogP contribution in [0.5, 0.6) is 0 Å². The van der Waals surface area contributed by atoms with Gasteiger partial charge in [0.25, 0.3) is 0 Å². The number of ketones is 1. The van der Waals surface area contributed by atoms with Crippen LogP contribution in [-0.4, -0.2) is 10.8 Å². The van der Waals surface area contributed by atoms with E-state index in [1.807, 2.05) is 58.0 Å². The zero-order valence-corrected chi connectivity index (χ0v) is 15.6. The molecule has 0 spiro atoms. The van der Waals surface area contributed by atoms with Gasteiger partial charge in [0.2, 0.25) is 5.78 Å². The van der Waals surface area contributed by atoms with E-state index in [-0.39, 0.29) is 11.6 Å². The quantitative estimate of drug-likeness (QED) is 0.654. The number of aryl methyl sites for hydroxylation is 4. The largest absolute Gasteiger partial charge is 0.382 e. The van der Waals surface area contributed by atoms with Gasteiger partial charge in [-0.2, -0.15) is 0 Å². The molecule has 2 aromatic carbocycles. The molecule has 3 N–H and O–H groups in total. The Balaban J connectivity index is 1.92. The fourth-order valence-electron chi connectivity index (χ4n) is 2.82. The number of carbonyl (C=O) groups excluding carboxylic acids is 1. The summed E-state index contributed by atoms with van der Waals surface area (Å²) in [6.07, 6.45) is 0. The summed E-state index contributed by atoms with van der Waals surface area (Å²) in [5.41, 5.74) is 12.0. The highest BCUT2D eigenvalue weighted by Gasteiger charge is 2.19. The Morgan fingerprint density at radius 3 is 2.36 bits per heavy atom. The second kappa shape index (κ2) is 6.69. The minimum Gasteiger partial charge on any atom is -0.382 e. The molecule has 4 nitrogen and oxygen atoms in total. The summed E-state index contributed by atoms with van der Waals surface area (Å²) in [5.74, 6) is 0.187. The third-order valence-electron chi connectivity index (χ3n) is 3.97. The van der Waals surface area contributed by atoms with Crippen molar-refractivity contribution < 1.29 is 4.79 Å². The van der Waals surface area contributed by atoms with Crippen molar-refractivity contribution in [2.24, 2.45) is 0 Å². The molecule has 3 aromatic rings. The lowest BCUT2D eigenvalue weighted by molar-refractivity contribution is 0.104. The van der Waals surface area contributed by atoms with E-state index in [1.54, 1.807) is 0 Å². The van der Waals surface area contributed by atoms with E-state index in [1.165, 1.54) is 22.5 Å². The Labute approximate surface area is 151 Å². The van der Waals surface area contributed by atoms with E-state index in [9.17, 15) is 4.79 Å². The number of anilines is 3. The molecule has 0 bridgehead atoms. The third kappa shape index (κ3) is 3.72. The van der Waals surface area contributed by atoms with Crippen LogP contribution < -0.4 is 11.1 Å². The van der Waals surface area contributed by atoms with Gasteiger partial charge in [-0.1, -0.05) is 35.1 Å². The van der Waals surface area contributed by atoms with Gasteiger partial charge in [-0.25, -0.2) is 4.98 Å². The molecule has 0 amide bonds. The van der Waals surface area contributed by atoms with E-state index in [0.29, 0.717) is 15.6 Å². The zero-order valence-electron chi connectivity index (χ0n) is 14.8. The molecule has 0 saturated carbocycles. The standard InChI is InChI=1S/C20H21N3OS/c1-11-5-6-14(4)16(10-11)17(24)18-19(21)23-20(25-18)22-15-8-12(2)7-13(3)9-15/h5-10H,21H2,1-4H3,(H,22,23). The highest BCUT2D eigenvalue weighted by Crippen LogP contribution is 2.31. The van der Waals surface area contributed by atoms with Crippen molar-refractivity contribution >= 4 is 33.8 Å². The molecule has 25 heavy (non-hydrogen) atoms. The van der Waals surface area contributed by atoms with Crippen molar-refractivity contribution in [1.29, 1.82) is 0 Å². The minimum absolute atomic E-state index is 0.0790. The Hall–Kier alpha value is -2.66. The number of hydrogen-bond acceptors (Lipinski definition) is 5. The highest BCUT2D eigenvalue weighted by atomic mass is 32.1. The van der Waals surface area contributed by atoms with Crippen molar-refractivity contribution in [2.75, 3.05) is 11.1 Å². The highest BCUT2D eigenvalue weighted by molar-refractivity contribution is 7.18. The lowest BCUT2D eigenvalue weighted by Gasteiger charge is -2.05. The van der Waals surface area contributed by atoms with Gasteiger partial charge >= 0.3 is 0 Å². The van der Waals surface area contributed by atoms with Crippen molar-refractivity contribution in [3.63, 3.8) is 0 Å². The van der Waals surface area contributed by atoms with E-state index in [0.717, 1.165) is 16.8 Å². The molecule has 0 aliphatic heterocycles. The number of hydrogen-bond donors (Lipinski definition) is 2. The predicted molar refractivity (Wildman–Crippen MR) is 105 cm³/mol. The smallest absolute Gasteiger partial charge is 0.207 e. The van der Waals surface area contributed by atoms with Gasteiger partial charge < -0.3 is 11.1 Å². The maximum absolute atomic E-state index is 12.9. The number of aromatic nitrogens is 1. The molecule has 3 rings (SSSR count). The molecule has 128 valence electrons. The van der Waals surface area contributed by atoms with Crippen LogP contribution >= 0.6 is 11.3 Å². The van der Waals surface area contributed by atoms with Crippen LogP contribution in [0.3, 0.4) is 0 Å². The van der Waals surface area contributed by atoms with Crippen LogP contribution in [0.4, 0.5) is 16.6 Å². The lowest BCUT2D eigenvalue weighted by Crippen LogP contribution is -2.05.